The number of hydrogen-bond donors (Lipinski definition) is 2. The number of rotatable bonds is 0. The fourth-order valence-electron chi connectivity index (χ4n) is 2.12. The van der Waals surface area contributed by atoms with Crippen LogP contribution in [0.15, 0.2) is 18.2 Å². The van der Waals surface area contributed by atoms with Crippen molar-refractivity contribution in [1.29, 1.82) is 0 Å². The fourth-order valence-corrected chi connectivity index (χ4v) is 2.12. The molecule has 0 amide bonds. The van der Waals surface area contributed by atoms with Crippen molar-refractivity contribution in [2.45, 2.75) is 26.0 Å². The van der Waals surface area contributed by atoms with Gasteiger partial charge in [-0.2, -0.15) is 0 Å². The van der Waals surface area contributed by atoms with Crippen molar-refractivity contribution in [2.24, 2.45) is 11.1 Å². The summed E-state index contributed by atoms with van der Waals surface area (Å²) in [5, 5.41) is 9.95. The van der Waals surface area contributed by atoms with Crippen LogP contribution in [0, 0.1) is 11.2 Å². The molecule has 0 heterocycles. The number of Topliss-reactive ketones (excluding diaryl/α,β-unsaturated/α-hetero) is 1. The fraction of sp³-hybridized carbons (Fsp3) is 0.417. The van der Waals surface area contributed by atoms with Crippen molar-refractivity contribution in [3.8, 4) is 0 Å². The Hall–Kier alpha value is -1.26. The van der Waals surface area contributed by atoms with Crippen molar-refractivity contribution in [1.82, 2.24) is 0 Å². The highest BCUT2D eigenvalue weighted by Crippen LogP contribution is 2.39. The minimum absolute atomic E-state index is 0.197. The van der Waals surface area contributed by atoms with E-state index in [-0.39, 0.29) is 5.78 Å². The molecule has 0 saturated heterocycles. The van der Waals surface area contributed by atoms with E-state index < -0.39 is 23.4 Å². The molecule has 0 spiro atoms. The van der Waals surface area contributed by atoms with Crippen molar-refractivity contribution in [3.63, 3.8) is 0 Å². The Morgan fingerprint density at radius 1 is 1.44 bits per heavy atom. The summed E-state index contributed by atoms with van der Waals surface area (Å²) in [5.74, 6) is -0.648. The first-order valence-electron chi connectivity index (χ1n) is 5.13. The molecule has 0 radical (unpaired) electrons. The number of carbonyl (C=O) groups excluding carboxylic acids is 1. The van der Waals surface area contributed by atoms with Crippen LogP contribution in [-0.4, -0.2) is 17.0 Å². The normalized spacial score (nSPS) is 27.7. The average Bonchev–Trinajstić information content (AvgIpc) is 2.24. The number of aliphatic hydroxyl groups is 1. The second-order valence-corrected chi connectivity index (χ2v) is 4.75. The zero-order valence-electron chi connectivity index (χ0n) is 9.20. The molecule has 86 valence electrons. The van der Waals surface area contributed by atoms with Crippen LogP contribution in [0.3, 0.4) is 0 Å². The minimum atomic E-state index is -0.991. The topological polar surface area (TPSA) is 63.3 Å². The van der Waals surface area contributed by atoms with E-state index in [4.69, 9.17) is 5.73 Å². The van der Waals surface area contributed by atoms with Gasteiger partial charge in [-0.1, -0.05) is 0 Å². The van der Waals surface area contributed by atoms with Crippen molar-refractivity contribution >= 4 is 5.78 Å². The van der Waals surface area contributed by atoms with E-state index in [9.17, 15) is 14.3 Å². The average molecular weight is 223 g/mol. The Labute approximate surface area is 93.1 Å². The third-order valence-electron chi connectivity index (χ3n) is 3.28. The monoisotopic (exact) mass is 223 g/mol. The first kappa shape index (κ1) is 11.2. The van der Waals surface area contributed by atoms with E-state index >= 15 is 0 Å². The molecule has 4 heteroatoms. The molecular weight excluding hydrogens is 209 g/mol. The summed E-state index contributed by atoms with van der Waals surface area (Å²) in [6, 6.07) is 3.16. The van der Waals surface area contributed by atoms with Crippen LogP contribution in [0.5, 0.6) is 0 Å². The lowest BCUT2D eigenvalue weighted by molar-refractivity contribution is 0.0208. The molecule has 16 heavy (non-hydrogen) atoms. The van der Waals surface area contributed by atoms with Gasteiger partial charge >= 0.3 is 0 Å². The molecule has 2 rings (SSSR count). The molecule has 1 aromatic carbocycles. The van der Waals surface area contributed by atoms with E-state index in [2.05, 4.69) is 0 Å². The Balaban J connectivity index is 2.64. The van der Waals surface area contributed by atoms with E-state index in [1.165, 1.54) is 18.2 Å². The Kier molecular flexibility index (Phi) is 2.36. The van der Waals surface area contributed by atoms with Gasteiger partial charge in [0.25, 0.3) is 0 Å². The van der Waals surface area contributed by atoms with Crippen LogP contribution < -0.4 is 5.73 Å². The quantitative estimate of drug-likeness (QED) is 0.699. The lowest BCUT2D eigenvalue weighted by Gasteiger charge is -2.38. The number of aliphatic hydroxyl groups excluding tert-OH is 1. The van der Waals surface area contributed by atoms with Gasteiger partial charge < -0.3 is 10.8 Å². The highest BCUT2D eigenvalue weighted by molar-refractivity contribution is 6.03. The maximum atomic E-state index is 13.1. The van der Waals surface area contributed by atoms with Crippen LogP contribution in [0.25, 0.3) is 0 Å². The van der Waals surface area contributed by atoms with Crippen LogP contribution >= 0.6 is 0 Å². The van der Waals surface area contributed by atoms with Crippen molar-refractivity contribution in [3.05, 3.63) is 35.1 Å². The lowest BCUT2D eigenvalue weighted by atomic mass is 9.69. The van der Waals surface area contributed by atoms with Gasteiger partial charge in [0.1, 0.15) is 5.82 Å². The Morgan fingerprint density at radius 3 is 2.69 bits per heavy atom. The number of benzene rings is 1. The molecule has 1 aromatic rings. The Bertz CT molecular complexity index is 456. The van der Waals surface area contributed by atoms with Crippen LogP contribution in [0.2, 0.25) is 0 Å². The molecule has 3 N–H and O–H groups in total. The van der Waals surface area contributed by atoms with E-state index in [1.54, 1.807) is 13.8 Å². The molecule has 0 aromatic heterocycles. The predicted octanol–water partition coefficient (Wildman–Crippen LogP) is 1.41. The summed E-state index contributed by atoms with van der Waals surface area (Å²) >= 11 is 0. The van der Waals surface area contributed by atoms with Gasteiger partial charge in [-0.05, 0) is 37.6 Å². The molecular formula is C12H14FNO2. The highest BCUT2D eigenvalue weighted by atomic mass is 19.1. The molecule has 0 saturated carbocycles. The van der Waals surface area contributed by atoms with Gasteiger partial charge in [0, 0.05) is 5.56 Å². The summed E-state index contributed by atoms with van der Waals surface area (Å²) in [7, 11) is 0. The van der Waals surface area contributed by atoms with E-state index in [0.717, 1.165) is 0 Å². The molecule has 0 bridgehead atoms. The molecule has 1 aliphatic carbocycles. The standard InChI is InChI=1S/C12H14FNO2/c1-12(2)10(15)7-4-3-6(13)5-8(7)9(14)11(12)16/h3-5,9,11,16H,14H2,1-2H3. The van der Waals surface area contributed by atoms with Crippen molar-refractivity contribution in [2.75, 3.05) is 0 Å². The SMILES string of the molecule is CC1(C)C(=O)c2ccc(F)cc2C(N)C1O. The van der Waals surface area contributed by atoms with Crippen LogP contribution in [0.1, 0.15) is 35.8 Å². The third-order valence-corrected chi connectivity index (χ3v) is 3.28. The number of nitrogens with two attached hydrogens (primary N) is 1. The van der Waals surface area contributed by atoms with Gasteiger partial charge in [0.15, 0.2) is 5.78 Å². The van der Waals surface area contributed by atoms with E-state index in [0.29, 0.717) is 11.1 Å². The number of fused-ring (bicyclic) bond motifs is 1. The molecule has 2 atom stereocenters. The summed E-state index contributed by atoms with van der Waals surface area (Å²) in [4.78, 5) is 12.1. The predicted molar refractivity (Wildman–Crippen MR) is 57.4 cm³/mol. The number of carbonyl (C=O) groups is 1. The third kappa shape index (κ3) is 1.37. The van der Waals surface area contributed by atoms with Gasteiger partial charge in [0.05, 0.1) is 17.6 Å². The summed E-state index contributed by atoms with van der Waals surface area (Å²) in [6.45, 7) is 3.29. The number of halogens is 1. The largest absolute Gasteiger partial charge is 0.390 e. The minimum Gasteiger partial charge on any atom is -0.390 e. The molecule has 0 aliphatic heterocycles. The molecule has 1 aliphatic rings. The summed E-state index contributed by atoms with van der Waals surface area (Å²) in [6.07, 6.45) is -0.991. The molecule has 0 fully saturated rings. The molecule has 3 nitrogen and oxygen atoms in total. The van der Waals surface area contributed by atoms with Gasteiger partial charge in [-0.25, -0.2) is 4.39 Å². The summed E-state index contributed by atoms with van der Waals surface area (Å²) in [5.41, 5.74) is 5.69. The van der Waals surface area contributed by atoms with E-state index in [1.807, 2.05) is 0 Å². The maximum Gasteiger partial charge on any atom is 0.171 e. The van der Waals surface area contributed by atoms with Crippen LogP contribution in [0.4, 0.5) is 4.39 Å². The smallest absolute Gasteiger partial charge is 0.171 e. The zero-order valence-corrected chi connectivity index (χ0v) is 9.20. The number of hydrogen-bond acceptors (Lipinski definition) is 3. The molecule has 2 unspecified atom stereocenters. The first-order chi connectivity index (χ1) is 7.35. The first-order valence-corrected chi connectivity index (χ1v) is 5.13. The second kappa shape index (κ2) is 3.37. The number of ketones is 1. The summed E-state index contributed by atoms with van der Waals surface area (Å²) < 4.78 is 13.1. The Morgan fingerprint density at radius 2 is 2.06 bits per heavy atom. The maximum absolute atomic E-state index is 13.1. The van der Waals surface area contributed by atoms with Crippen LogP contribution in [-0.2, 0) is 0 Å². The highest BCUT2D eigenvalue weighted by Gasteiger charge is 2.45. The van der Waals surface area contributed by atoms with Gasteiger partial charge in [-0.3, -0.25) is 4.79 Å². The van der Waals surface area contributed by atoms with Crippen molar-refractivity contribution < 1.29 is 14.3 Å². The zero-order chi connectivity index (χ0) is 12.1. The van der Waals surface area contributed by atoms with Gasteiger partial charge in [-0.15, -0.1) is 0 Å². The second-order valence-electron chi connectivity index (χ2n) is 4.75. The van der Waals surface area contributed by atoms with Gasteiger partial charge in [0.2, 0.25) is 0 Å². The lowest BCUT2D eigenvalue weighted by Crippen LogP contribution is -2.48.